The first kappa shape index (κ1) is 22.4. The second-order valence-corrected chi connectivity index (χ2v) is 9.16. The number of hydrogen-bond donors (Lipinski definition) is 1. The van der Waals surface area contributed by atoms with Crippen LogP contribution in [0.25, 0.3) is 10.6 Å². The molecule has 0 bridgehead atoms. The van der Waals surface area contributed by atoms with E-state index in [1.165, 1.54) is 4.88 Å². The monoisotopic (exact) mass is 452 g/mol. The fourth-order valence-electron chi connectivity index (χ4n) is 3.45. The van der Waals surface area contributed by atoms with Crippen LogP contribution in [0, 0.1) is 12.8 Å². The molecule has 1 aliphatic rings. The van der Waals surface area contributed by atoms with Crippen molar-refractivity contribution in [3.8, 4) is 16.3 Å². The van der Waals surface area contributed by atoms with Crippen LogP contribution in [-0.2, 0) is 11.2 Å². The molecular weight excluding hydrogens is 424 g/mol. The summed E-state index contributed by atoms with van der Waals surface area (Å²) in [7, 11) is 0. The molecule has 0 radical (unpaired) electrons. The smallest absolute Gasteiger partial charge is 0.251 e. The maximum Gasteiger partial charge on any atom is 0.251 e. The van der Waals surface area contributed by atoms with Gasteiger partial charge in [-0.1, -0.05) is 6.92 Å². The lowest BCUT2D eigenvalue weighted by molar-refractivity contribution is 0.0938. The van der Waals surface area contributed by atoms with Gasteiger partial charge in [-0.05, 0) is 44.9 Å². The molecule has 2 atom stereocenters. The van der Waals surface area contributed by atoms with E-state index in [2.05, 4.69) is 27.2 Å². The van der Waals surface area contributed by atoms with Gasteiger partial charge < -0.3 is 14.8 Å². The molecular formula is C24H28N4O3S. The molecule has 1 saturated heterocycles. The number of ether oxygens (including phenoxy) is 2. The van der Waals surface area contributed by atoms with Crippen molar-refractivity contribution in [2.24, 2.45) is 5.92 Å². The Morgan fingerprint density at radius 2 is 2.12 bits per heavy atom. The Labute approximate surface area is 192 Å². The summed E-state index contributed by atoms with van der Waals surface area (Å²) in [6.07, 6.45) is 7.20. The molecule has 7 nitrogen and oxygen atoms in total. The molecule has 1 aromatic carbocycles. The van der Waals surface area contributed by atoms with Crippen LogP contribution in [0.15, 0.2) is 36.8 Å². The van der Waals surface area contributed by atoms with E-state index in [9.17, 15) is 4.79 Å². The van der Waals surface area contributed by atoms with Crippen LogP contribution in [-0.4, -0.2) is 40.7 Å². The highest BCUT2D eigenvalue weighted by molar-refractivity contribution is 7.15. The van der Waals surface area contributed by atoms with Gasteiger partial charge in [-0.3, -0.25) is 14.8 Å². The fraction of sp³-hybridized carbons (Fsp3) is 0.417. The summed E-state index contributed by atoms with van der Waals surface area (Å²) in [4.78, 5) is 27.5. The molecule has 8 heteroatoms. The lowest BCUT2D eigenvalue weighted by Crippen LogP contribution is -2.27. The quantitative estimate of drug-likeness (QED) is 0.546. The number of nitrogens with one attached hydrogen (secondary N) is 1. The van der Waals surface area contributed by atoms with E-state index < -0.39 is 0 Å². The van der Waals surface area contributed by atoms with E-state index in [1.54, 1.807) is 29.8 Å². The number of thiazole rings is 1. The van der Waals surface area contributed by atoms with Gasteiger partial charge in [-0.15, -0.1) is 11.3 Å². The van der Waals surface area contributed by atoms with Gasteiger partial charge in [0.15, 0.2) is 0 Å². The number of hydrogen-bond acceptors (Lipinski definition) is 7. The largest absolute Gasteiger partial charge is 0.493 e. The first-order valence-electron chi connectivity index (χ1n) is 10.9. The van der Waals surface area contributed by atoms with Gasteiger partial charge in [0.05, 0.1) is 36.8 Å². The number of rotatable bonds is 8. The molecule has 0 spiro atoms. The Balaban J connectivity index is 1.56. The highest BCUT2D eigenvalue weighted by Gasteiger charge is 2.19. The summed E-state index contributed by atoms with van der Waals surface area (Å²) < 4.78 is 11.5. The van der Waals surface area contributed by atoms with Crippen LogP contribution < -0.4 is 10.1 Å². The van der Waals surface area contributed by atoms with Gasteiger partial charge in [-0.2, -0.15) is 0 Å². The van der Waals surface area contributed by atoms with Gasteiger partial charge in [0.25, 0.3) is 5.91 Å². The van der Waals surface area contributed by atoms with Crippen molar-refractivity contribution in [1.29, 1.82) is 0 Å². The van der Waals surface area contributed by atoms with Gasteiger partial charge >= 0.3 is 0 Å². The predicted molar refractivity (Wildman–Crippen MR) is 124 cm³/mol. The lowest BCUT2D eigenvalue weighted by atomic mass is 10.1. The SMILES string of the molecule is CCc1cnc(-c2cc(OC[C@H]3CCOC3)cc(C(=O)NC(C)c3cnc(C)cn3)c2)s1. The van der Waals surface area contributed by atoms with Crippen molar-refractivity contribution in [3.63, 3.8) is 0 Å². The third-order valence-corrected chi connectivity index (χ3v) is 6.61. The molecule has 0 saturated carbocycles. The summed E-state index contributed by atoms with van der Waals surface area (Å²) in [5.41, 5.74) is 2.96. The van der Waals surface area contributed by atoms with Crippen molar-refractivity contribution in [1.82, 2.24) is 20.3 Å². The van der Waals surface area contributed by atoms with E-state index in [1.807, 2.05) is 32.2 Å². The van der Waals surface area contributed by atoms with Crippen LogP contribution in [0.5, 0.6) is 5.75 Å². The summed E-state index contributed by atoms with van der Waals surface area (Å²) in [5.74, 6) is 0.848. The van der Waals surface area contributed by atoms with Gasteiger partial charge in [-0.25, -0.2) is 4.98 Å². The molecule has 4 rings (SSSR count). The standard InChI is InChI=1S/C24H28N4O3S/c1-4-21-11-27-24(32-21)19-7-18(8-20(9-19)31-14-17-5-6-30-13-17)23(29)28-16(3)22-12-25-15(2)10-26-22/h7-12,16-17H,4-6,13-14H2,1-3H3,(H,28,29)/t16?,17-/m0/s1. The Morgan fingerprint density at radius 1 is 1.25 bits per heavy atom. The minimum Gasteiger partial charge on any atom is -0.493 e. The molecule has 32 heavy (non-hydrogen) atoms. The molecule has 0 aliphatic carbocycles. The van der Waals surface area contributed by atoms with Crippen LogP contribution >= 0.6 is 11.3 Å². The van der Waals surface area contributed by atoms with E-state index in [-0.39, 0.29) is 11.9 Å². The Hall–Kier alpha value is -2.84. The second-order valence-electron chi connectivity index (χ2n) is 8.05. The normalized spacial score (nSPS) is 16.7. The van der Waals surface area contributed by atoms with Crippen LogP contribution in [0.4, 0.5) is 0 Å². The Kier molecular flexibility index (Phi) is 7.12. The highest BCUT2D eigenvalue weighted by atomic mass is 32.1. The molecule has 168 valence electrons. The van der Waals surface area contributed by atoms with Crippen molar-refractivity contribution in [3.05, 3.63) is 58.6 Å². The number of carbonyl (C=O) groups is 1. The first-order chi connectivity index (χ1) is 15.5. The van der Waals surface area contributed by atoms with Gasteiger partial charge in [0, 0.05) is 40.9 Å². The lowest BCUT2D eigenvalue weighted by Gasteiger charge is -2.15. The third kappa shape index (κ3) is 5.49. The van der Waals surface area contributed by atoms with Crippen LogP contribution in [0.1, 0.15) is 52.9 Å². The minimum absolute atomic E-state index is 0.192. The predicted octanol–water partition coefficient (Wildman–Crippen LogP) is 4.38. The topological polar surface area (TPSA) is 86.2 Å². The number of benzene rings is 1. The van der Waals surface area contributed by atoms with Crippen LogP contribution in [0.2, 0.25) is 0 Å². The Bertz CT molecular complexity index is 1060. The average molecular weight is 453 g/mol. The zero-order chi connectivity index (χ0) is 22.5. The number of carbonyl (C=O) groups excluding carboxylic acids is 1. The number of amides is 1. The number of nitrogens with zero attached hydrogens (tertiary/aromatic N) is 3. The molecule has 1 aliphatic heterocycles. The summed E-state index contributed by atoms with van der Waals surface area (Å²) in [5, 5.41) is 3.90. The van der Waals surface area contributed by atoms with Crippen molar-refractivity contribution >= 4 is 17.2 Å². The van der Waals surface area contributed by atoms with E-state index in [0.29, 0.717) is 36.1 Å². The van der Waals surface area contributed by atoms with Crippen molar-refractivity contribution in [2.45, 2.75) is 39.7 Å². The number of aryl methyl sites for hydroxylation is 2. The molecule has 2 aromatic heterocycles. The highest BCUT2D eigenvalue weighted by Crippen LogP contribution is 2.30. The van der Waals surface area contributed by atoms with Gasteiger partial charge in [0.2, 0.25) is 0 Å². The zero-order valence-electron chi connectivity index (χ0n) is 18.6. The number of aromatic nitrogens is 3. The summed E-state index contributed by atoms with van der Waals surface area (Å²) in [6, 6.07) is 5.34. The van der Waals surface area contributed by atoms with Crippen molar-refractivity contribution < 1.29 is 14.3 Å². The Morgan fingerprint density at radius 3 is 2.81 bits per heavy atom. The average Bonchev–Trinajstić information content (AvgIpc) is 3.50. The summed E-state index contributed by atoms with van der Waals surface area (Å²) >= 11 is 1.63. The molecule has 1 N–H and O–H groups in total. The van der Waals surface area contributed by atoms with Crippen molar-refractivity contribution in [2.75, 3.05) is 19.8 Å². The molecule has 1 amide bonds. The first-order valence-corrected chi connectivity index (χ1v) is 11.7. The maximum atomic E-state index is 13.1. The summed E-state index contributed by atoms with van der Waals surface area (Å²) in [6.45, 7) is 7.95. The van der Waals surface area contributed by atoms with Gasteiger partial charge in [0.1, 0.15) is 10.8 Å². The molecule has 1 fully saturated rings. The molecule has 3 heterocycles. The fourth-order valence-corrected chi connectivity index (χ4v) is 4.29. The second kappa shape index (κ2) is 10.2. The van der Waals surface area contributed by atoms with Crippen LogP contribution in [0.3, 0.4) is 0 Å². The molecule has 3 aromatic rings. The third-order valence-electron chi connectivity index (χ3n) is 5.42. The molecule has 1 unspecified atom stereocenters. The maximum absolute atomic E-state index is 13.1. The zero-order valence-corrected chi connectivity index (χ0v) is 19.4. The van der Waals surface area contributed by atoms with E-state index in [4.69, 9.17) is 9.47 Å². The minimum atomic E-state index is -0.272. The van der Waals surface area contributed by atoms with E-state index >= 15 is 0 Å². The van der Waals surface area contributed by atoms with E-state index in [0.717, 1.165) is 35.7 Å².